The third-order valence-electron chi connectivity index (χ3n) is 11.9. The maximum atomic E-state index is 3.06. The summed E-state index contributed by atoms with van der Waals surface area (Å²) in [4.78, 5) is 0. The Kier molecular flexibility index (Phi) is 20.9. The van der Waals surface area contributed by atoms with E-state index in [0.29, 0.717) is 0 Å². The van der Waals surface area contributed by atoms with E-state index in [2.05, 4.69) is 133 Å². The molecule has 0 unspecified atom stereocenters. The van der Waals surface area contributed by atoms with Gasteiger partial charge in [0.1, 0.15) is 0 Å². The Morgan fingerprint density at radius 1 is 0.482 bits per heavy atom. The summed E-state index contributed by atoms with van der Waals surface area (Å²) < 4.78 is 0. The monoisotopic (exact) mass is 878 g/mol. The molecular weight excluding hydrogens is 815 g/mol. The Bertz CT molecular complexity index is 1930. The van der Waals surface area contributed by atoms with Crippen molar-refractivity contribution < 1.29 is 23.3 Å². The van der Waals surface area contributed by atoms with Crippen molar-refractivity contribution in [3.8, 4) is 22.3 Å². The summed E-state index contributed by atoms with van der Waals surface area (Å²) in [6.45, 7) is 16.3. The topological polar surface area (TPSA) is 0 Å². The fraction of sp³-hybridized carbons (Fsp3) is 0.385. The van der Waals surface area contributed by atoms with Crippen molar-refractivity contribution in [1.29, 1.82) is 0 Å². The number of rotatable bonds is 6. The van der Waals surface area contributed by atoms with Crippen molar-refractivity contribution in [1.82, 2.24) is 0 Å². The Morgan fingerprint density at radius 2 is 0.804 bits per heavy atom. The first kappa shape index (κ1) is 49.9. The first-order valence-electron chi connectivity index (χ1n) is 20.0. The van der Waals surface area contributed by atoms with Gasteiger partial charge in [-0.15, -0.1) is 92.9 Å². The summed E-state index contributed by atoms with van der Waals surface area (Å²) in [7, 11) is 0. The molecule has 0 aromatic heterocycles. The van der Waals surface area contributed by atoms with E-state index in [0.717, 1.165) is 11.8 Å². The average Bonchev–Trinajstić information content (AvgIpc) is 3.75. The van der Waals surface area contributed by atoms with Crippen LogP contribution in [0.25, 0.3) is 43.8 Å². The number of hydrogen-bond donors (Lipinski definition) is 0. The molecular formula is C52H66Cl2SiZr-4. The average molecular weight is 881 g/mol. The predicted octanol–water partition coefficient (Wildman–Crippen LogP) is 15.9. The van der Waals surface area contributed by atoms with Gasteiger partial charge in [0.25, 0.3) is 0 Å². The normalized spacial score (nSPS) is 14.2. The Labute approximate surface area is 370 Å². The fourth-order valence-corrected chi connectivity index (χ4v) is 9.46. The van der Waals surface area contributed by atoms with E-state index in [4.69, 9.17) is 0 Å². The van der Waals surface area contributed by atoms with Gasteiger partial charge in [0, 0.05) is 0 Å². The molecule has 0 atom stereocenters. The van der Waals surface area contributed by atoms with E-state index in [1.165, 1.54) is 178 Å². The van der Waals surface area contributed by atoms with Gasteiger partial charge in [-0.1, -0.05) is 160 Å². The van der Waals surface area contributed by atoms with E-state index in [1.807, 2.05) is 0 Å². The first-order valence-corrected chi connectivity index (χ1v) is 24.2. The molecule has 2 aliphatic rings. The zero-order chi connectivity index (χ0) is 36.8. The molecule has 8 rings (SSSR count). The van der Waals surface area contributed by atoms with Gasteiger partial charge in [-0.05, 0) is 63.5 Å². The number of hydrogen-bond acceptors (Lipinski definition) is 0. The molecule has 0 saturated heterocycles. The summed E-state index contributed by atoms with van der Waals surface area (Å²) in [5, 5.41) is 5.77. The predicted molar refractivity (Wildman–Crippen MR) is 252 cm³/mol. The van der Waals surface area contributed by atoms with Gasteiger partial charge in [-0.3, -0.25) is 0 Å². The second-order valence-corrected chi connectivity index (χ2v) is 16.4. The van der Waals surface area contributed by atoms with Crippen LogP contribution in [0.15, 0.2) is 84.9 Å². The summed E-state index contributed by atoms with van der Waals surface area (Å²) >= 11 is 1.36. The standard InChI is InChI=1S/2C25H29.2CH3.2ClH.Si.Zr/c2*1-17-11-18(2)13-22(12-17)23-10-9-19(3)24-15-21(16-25(23)24)14-20-7-5-4-6-8-20;;;;;;/h2*9-13,15-16,20H,4-8,14H2,1-3H3;2*1H3;2*1H;;/q4*-1;;;;. The third-order valence-corrected chi connectivity index (χ3v) is 11.9. The van der Waals surface area contributed by atoms with Crippen molar-refractivity contribution >= 4 is 53.2 Å². The third kappa shape index (κ3) is 12.4. The SMILES string of the molecule is Cc1cc(C)cc(-c2ccc(C)c3[cH-]c(CC4CCCCC4)cc23)c1.Cc1cc(C)cc(-c2ccc(C)c3[cH-]c(CC4CCCCC4)cc23)c1.Cl.Cl.[CH3-].[CH3-].[Si]=[Zr]. The Hall–Kier alpha value is -2.22. The zero-order valence-corrected chi connectivity index (χ0v) is 40.6. The molecule has 0 nitrogen and oxygen atoms in total. The summed E-state index contributed by atoms with van der Waals surface area (Å²) in [6, 6.07) is 32.9. The quantitative estimate of drug-likeness (QED) is 0.115. The molecule has 0 bridgehead atoms. The van der Waals surface area contributed by atoms with Crippen LogP contribution >= 0.6 is 24.8 Å². The van der Waals surface area contributed by atoms with Gasteiger partial charge in [0.2, 0.25) is 0 Å². The molecule has 0 heterocycles. The maximum absolute atomic E-state index is 3.06. The first-order chi connectivity index (χ1) is 25.2. The second-order valence-electron chi connectivity index (χ2n) is 16.4. The summed E-state index contributed by atoms with van der Waals surface area (Å²) in [6.07, 6.45) is 16.8. The van der Waals surface area contributed by atoms with Crippen molar-refractivity contribution in [2.75, 3.05) is 0 Å². The van der Waals surface area contributed by atoms with Crippen LogP contribution in [0.1, 0.15) is 109 Å². The molecule has 0 amide bonds. The van der Waals surface area contributed by atoms with Crippen LogP contribution in [0.5, 0.6) is 0 Å². The summed E-state index contributed by atoms with van der Waals surface area (Å²) in [5.41, 5.74) is 16.8. The number of aryl methyl sites for hydroxylation is 6. The number of benzene rings is 4. The number of halogens is 2. The van der Waals surface area contributed by atoms with Crippen LogP contribution in [0.3, 0.4) is 0 Å². The fourth-order valence-electron chi connectivity index (χ4n) is 9.46. The van der Waals surface area contributed by atoms with E-state index in [1.54, 1.807) is 11.1 Å². The van der Waals surface area contributed by atoms with Crippen LogP contribution in [-0.2, 0) is 36.2 Å². The zero-order valence-electron chi connectivity index (χ0n) is 35.5. The van der Waals surface area contributed by atoms with Crippen LogP contribution in [0, 0.1) is 68.2 Å². The molecule has 2 aliphatic carbocycles. The van der Waals surface area contributed by atoms with Gasteiger partial charge >= 0.3 is 30.2 Å². The molecule has 0 aliphatic heterocycles. The van der Waals surface area contributed by atoms with Crippen molar-refractivity contribution in [3.05, 3.63) is 144 Å². The molecule has 300 valence electrons. The molecule has 2 saturated carbocycles. The van der Waals surface area contributed by atoms with Gasteiger partial charge in [-0.2, -0.15) is 12.1 Å². The van der Waals surface area contributed by atoms with Crippen molar-refractivity contribution in [2.45, 2.75) is 119 Å². The van der Waals surface area contributed by atoms with Crippen LogP contribution in [-0.4, -0.2) is 6.88 Å². The van der Waals surface area contributed by atoms with Crippen molar-refractivity contribution in [2.24, 2.45) is 11.8 Å². The van der Waals surface area contributed by atoms with E-state index < -0.39 is 0 Å². The Morgan fingerprint density at radius 3 is 1.12 bits per heavy atom. The molecule has 2 radical (unpaired) electrons. The summed E-state index contributed by atoms with van der Waals surface area (Å²) in [5.74, 6) is 1.80. The molecule has 6 aromatic carbocycles. The molecule has 0 N–H and O–H groups in total. The van der Waals surface area contributed by atoms with E-state index >= 15 is 0 Å². The van der Waals surface area contributed by atoms with Crippen LogP contribution in [0.4, 0.5) is 0 Å². The van der Waals surface area contributed by atoms with Crippen molar-refractivity contribution in [3.63, 3.8) is 0 Å². The number of fused-ring (bicyclic) bond motifs is 2. The van der Waals surface area contributed by atoms with Crippen LogP contribution in [0.2, 0.25) is 0 Å². The van der Waals surface area contributed by atoms with E-state index in [9.17, 15) is 0 Å². The molecule has 56 heavy (non-hydrogen) atoms. The van der Waals surface area contributed by atoms with Gasteiger partial charge in [0.15, 0.2) is 0 Å². The van der Waals surface area contributed by atoms with Gasteiger partial charge in [0.05, 0.1) is 0 Å². The van der Waals surface area contributed by atoms with Gasteiger partial charge < -0.3 is 14.9 Å². The molecule has 6 aromatic rings. The van der Waals surface area contributed by atoms with Gasteiger partial charge in [-0.25, -0.2) is 0 Å². The molecule has 2 fully saturated rings. The molecule has 0 spiro atoms. The van der Waals surface area contributed by atoms with E-state index in [-0.39, 0.29) is 39.7 Å². The van der Waals surface area contributed by atoms with Crippen LogP contribution < -0.4 is 0 Å². The molecule has 4 heteroatoms. The Balaban J connectivity index is 0.000000347. The minimum absolute atomic E-state index is 0. The minimum atomic E-state index is 0. The second kappa shape index (κ2) is 23.4.